The lowest BCUT2D eigenvalue weighted by atomic mass is 10.1. The number of unbranched alkanes of at least 4 members (excludes halogenated alkanes) is 2. The summed E-state index contributed by atoms with van der Waals surface area (Å²) in [6, 6.07) is 8.04. The lowest BCUT2D eigenvalue weighted by Gasteiger charge is -2.07. The average Bonchev–Trinajstić information content (AvgIpc) is 3.03. The molecule has 0 unspecified atom stereocenters. The largest absolute Gasteiger partial charge is 0.494 e. The zero-order valence-electron chi connectivity index (χ0n) is 12.9. The van der Waals surface area contributed by atoms with Gasteiger partial charge in [0.05, 0.1) is 18.9 Å². The van der Waals surface area contributed by atoms with Crippen molar-refractivity contribution in [3.8, 4) is 5.75 Å². The van der Waals surface area contributed by atoms with Gasteiger partial charge in [-0.25, -0.2) is 10.4 Å². The van der Waals surface area contributed by atoms with E-state index in [9.17, 15) is 0 Å². The molecule has 0 fully saturated rings. The van der Waals surface area contributed by atoms with Crippen LogP contribution >= 0.6 is 0 Å². The van der Waals surface area contributed by atoms with Crippen LogP contribution in [0.5, 0.6) is 5.75 Å². The maximum Gasteiger partial charge on any atom is 0.212 e. The zero-order valence-corrected chi connectivity index (χ0v) is 12.9. The van der Waals surface area contributed by atoms with Gasteiger partial charge in [0.25, 0.3) is 0 Å². The number of aliphatic imine (C=N–C) groups is 1. The number of hydrogen-bond donors (Lipinski definition) is 2. The third-order valence-electron chi connectivity index (χ3n) is 3.29. The molecular weight excluding hydrogens is 264 g/mol. The van der Waals surface area contributed by atoms with Crippen LogP contribution in [0.2, 0.25) is 0 Å². The Labute approximate surface area is 126 Å². The zero-order chi connectivity index (χ0) is 14.9. The number of rotatable bonds is 7. The molecule has 1 heterocycles. The smallest absolute Gasteiger partial charge is 0.212 e. The summed E-state index contributed by atoms with van der Waals surface area (Å²) < 4.78 is 5.70. The summed E-state index contributed by atoms with van der Waals surface area (Å²) in [5.41, 5.74) is 4.93. The highest BCUT2D eigenvalue weighted by Gasteiger charge is 2.03. The van der Waals surface area contributed by atoms with E-state index in [1.54, 1.807) is 0 Å². The van der Waals surface area contributed by atoms with Gasteiger partial charge in [-0.3, -0.25) is 0 Å². The van der Waals surface area contributed by atoms with Gasteiger partial charge in [-0.15, -0.1) is 0 Å². The van der Waals surface area contributed by atoms with E-state index < -0.39 is 0 Å². The normalized spacial score (nSPS) is 14.6. The van der Waals surface area contributed by atoms with Crippen LogP contribution in [0, 0.1) is 0 Å². The van der Waals surface area contributed by atoms with E-state index >= 15 is 0 Å². The minimum absolute atomic E-state index is 0.741. The molecule has 1 aliphatic rings. The third kappa shape index (κ3) is 5.10. The van der Waals surface area contributed by atoms with E-state index in [1.165, 1.54) is 12.8 Å². The minimum atomic E-state index is 0.741. The second kappa shape index (κ2) is 8.29. The fourth-order valence-corrected chi connectivity index (χ4v) is 2.01. The molecule has 5 heteroatoms. The van der Waals surface area contributed by atoms with E-state index in [1.807, 2.05) is 31.2 Å². The summed E-state index contributed by atoms with van der Waals surface area (Å²) in [5.74, 6) is 1.66. The summed E-state index contributed by atoms with van der Waals surface area (Å²) in [7, 11) is 0. The molecule has 21 heavy (non-hydrogen) atoms. The maximum absolute atomic E-state index is 5.70. The molecule has 0 bridgehead atoms. The van der Waals surface area contributed by atoms with Crippen molar-refractivity contribution in [2.24, 2.45) is 10.1 Å². The van der Waals surface area contributed by atoms with Gasteiger partial charge in [-0.1, -0.05) is 19.8 Å². The number of hydrogen-bond acceptors (Lipinski definition) is 5. The highest BCUT2D eigenvalue weighted by Crippen LogP contribution is 2.13. The number of benzene rings is 1. The standard InChI is InChI=1S/C16H24N4O/c1-3-4-5-12-21-15-8-6-14(7-9-15)13(2)19-20-16-17-10-11-18-16/h6-9H,3-5,10-12H2,1-2H3,(H2,17,18,20)/b19-13-. The molecule has 0 atom stereocenters. The van der Waals surface area contributed by atoms with Crippen molar-refractivity contribution in [2.75, 3.05) is 19.7 Å². The number of hydrazone groups is 1. The van der Waals surface area contributed by atoms with Crippen LogP contribution in [0.1, 0.15) is 38.7 Å². The molecule has 0 aliphatic carbocycles. The van der Waals surface area contributed by atoms with Gasteiger partial charge in [-0.05, 0) is 43.2 Å². The predicted molar refractivity (Wildman–Crippen MR) is 87.1 cm³/mol. The summed E-state index contributed by atoms with van der Waals surface area (Å²) in [6.45, 7) is 6.63. The first-order valence-electron chi connectivity index (χ1n) is 7.61. The fraction of sp³-hybridized carbons (Fsp3) is 0.500. The lowest BCUT2D eigenvalue weighted by Crippen LogP contribution is -2.30. The molecule has 1 aliphatic heterocycles. The van der Waals surface area contributed by atoms with Crippen LogP contribution in [0.15, 0.2) is 34.4 Å². The van der Waals surface area contributed by atoms with Crippen LogP contribution < -0.4 is 15.5 Å². The van der Waals surface area contributed by atoms with Crippen molar-refractivity contribution >= 4 is 11.7 Å². The Hall–Kier alpha value is -2.04. The fourth-order valence-electron chi connectivity index (χ4n) is 2.01. The molecule has 1 aromatic carbocycles. The second-order valence-electron chi connectivity index (χ2n) is 5.05. The van der Waals surface area contributed by atoms with Gasteiger partial charge in [0, 0.05) is 6.54 Å². The Morgan fingerprint density at radius 1 is 1.33 bits per heavy atom. The van der Waals surface area contributed by atoms with Gasteiger partial charge in [0.15, 0.2) is 0 Å². The van der Waals surface area contributed by atoms with Crippen molar-refractivity contribution in [3.05, 3.63) is 29.8 Å². The number of ether oxygens (including phenoxy) is 1. The van der Waals surface area contributed by atoms with Crippen molar-refractivity contribution in [2.45, 2.75) is 33.1 Å². The van der Waals surface area contributed by atoms with Gasteiger partial charge in [0.1, 0.15) is 5.75 Å². The van der Waals surface area contributed by atoms with Gasteiger partial charge >= 0.3 is 0 Å². The molecule has 5 nitrogen and oxygen atoms in total. The van der Waals surface area contributed by atoms with Crippen molar-refractivity contribution in [1.82, 2.24) is 10.7 Å². The molecule has 0 amide bonds. The van der Waals surface area contributed by atoms with Gasteiger partial charge < -0.3 is 10.1 Å². The average molecular weight is 288 g/mol. The Morgan fingerprint density at radius 2 is 2.14 bits per heavy atom. The molecule has 2 N–H and O–H groups in total. The minimum Gasteiger partial charge on any atom is -0.494 e. The van der Waals surface area contributed by atoms with Crippen LogP contribution in [0.3, 0.4) is 0 Å². The quantitative estimate of drug-likeness (QED) is 0.460. The van der Waals surface area contributed by atoms with Crippen LogP contribution in [0.4, 0.5) is 0 Å². The van der Waals surface area contributed by atoms with Crippen molar-refractivity contribution < 1.29 is 4.74 Å². The molecule has 0 saturated carbocycles. The molecule has 0 spiro atoms. The van der Waals surface area contributed by atoms with Gasteiger partial charge in [0.2, 0.25) is 5.96 Å². The summed E-state index contributed by atoms with van der Waals surface area (Å²) in [4.78, 5) is 4.23. The molecule has 114 valence electrons. The summed E-state index contributed by atoms with van der Waals surface area (Å²) in [5, 5.41) is 7.44. The first-order chi connectivity index (χ1) is 10.3. The Bertz CT molecular complexity index is 494. The van der Waals surface area contributed by atoms with Gasteiger partial charge in [-0.2, -0.15) is 5.10 Å². The monoisotopic (exact) mass is 288 g/mol. The van der Waals surface area contributed by atoms with E-state index in [0.29, 0.717) is 0 Å². The Kier molecular flexibility index (Phi) is 6.06. The van der Waals surface area contributed by atoms with E-state index in [4.69, 9.17) is 4.74 Å². The topological polar surface area (TPSA) is 58.0 Å². The first-order valence-corrected chi connectivity index (χ1v) is 7.61. The number of nitrogens with zero attached hydrogens (tertiary/aromatic N) is 2. The highest BCUT2D eigenvalue weighted by atomic mass is 16.5. The van der Waals surface area contributed by atoms with E-state index in [2.05, 4.69) is 27.8 Å². The molecule has 0 aromatic heterocycles. The van der Waals surface area contributed by atoms with Crippen molar-refractivity contribution in [3.63, 3.8) is 0 Å². The maximum atomic E-state index is 5.70. The highest BCUT2D eigenvalue weighted by molar-refractivity contribution is 5.99. The van der Waals surface area contributed by atoms with Crippen molar-refractivity contribution in [1.29, 1.82) is 0 Å². The summed E-state index contributed by atoms with van der Waals surface area (Å²) in [6.07, 6.45) is 3.54. The second-order valence-corrected chi connectivity index (χ2v) is 5.05. The number of guanidine groups is 1. The molecular formula is C16H24N4O. The predicted octanol–water partition coefficient (Wildman–Crippen LogP) is 2.53. The Balaban J connectivity index is 1.84. The Morgan fingerprint density at radius 3 is 2.81 bits per heavy atom. The summed E-state index contributed by atoms with van der Waals surface area (Å²) >= 11 is 0. The van der Waals surface area contributed by atoms with E-state index in [-0.39, 0.29) is 0 Å². The lowest BCUT2D eigenvalue weighted by molar-refractivity contribution is 0.306. The molecule has 2 rings (SSSR count). The SMILES string of the molecule is CCCCCOc1ccc(/C(C)=N\NC2=NCCN2)cc1. The number of nitrogens with one attached hydrogen (secondary N) is 2. The molecule has 0 saturated heterocycles. The third-order valence-corrected chi connectivity index (χ3v) is 3.29. The van der Waals surface area contributed by atoms with Crippen LogP contribution in [-0.4, -0.2) is 31.4 Å². The van der Waals surface area contributed by atoms with Crippen LogP contribution in [0.25, 0.3) is 0 Å². The van der Waals surface area contributed by atoms with E-state index in [0.717, 1.165) is 49.1 Å². The van der Waals surface area contributed by atoms with Crippen LogP contribution in [-0.2, 0) is 0 Å². The molecule has 1 aromatic rings. The molecule has 0 radical (unpaired) electrons. The first kappa shape index (κ1) is 15.4.